The number of hydrogen-bond donors (Lipinski definition) is 2. The standard InChI is InChI=1S/C13H19N3OS/c1-10(14)11-2-4-12(5-3-11)15-13(17)16-6-8-18-9-7-16/h2-5,10H,6-9,14H2,1H3,(H,15,17). The largest absolute Gasteiger partial charge is 0.324 e. The van der Waals surface area contributed by atoms with Gasteiger partial charge in [-0.2, -0.15) is 11.8 Å². The number of carbonyl (C=O) groups is 1. The Bertz CT molecular complexity index is 399. The van der Waals surface area contributed by atoms with Gasteiger partial charge in [0.2, 0.25) is 0 Å². The van der Waals surface area contributed by atoms with E-state index in [2.05, 4.69) is 5.32 Å². The van der Waals surface area contributed by atoms with Gasteiger partial charge >= 0.3 is 6.03 Å². The van der Waals surface area contributed by atoms with Crippen molar-refractivity contribution in [2.45, 2.75) is 13.0 Å². The van der Waals surface area contributed by atoms with Gasteiger partial charge in [0, 0.05) is 36.3 Å². The first kappa shape index (κ1) is 13.2. The van der Waals surface area contributed by atoms with E-state index in [0.29, 0.717) is 0 Å². The van der Waals surface area contributed by atoms with E-state index in [1.165, 1.54) is 0 Å². The van der Waals surface area contributed by atoms with Crippen LogP contribution in [0.3, 0.4) is 0 Å². The molecule has 0 aromatic heterocycles. The van der Waals surface area contributed by atoms with Gasteiger partial charge < -0.3 is 16.0 Å². The summed E-state index contributed by atoms with van der Waals surface area (Å²) in [4.78, 5) is 13.8. The van der Waals surface area contributed by atoms with Gasteiger partial charge in [0.05, 0.1) is 0 Å². The van der Waals surface area contributed by atoms with Crippen molar-refractivity contribution < 1.29 is 4.79 Å². The molecule has 0 radical (unpaired) electrons. The predicted octanol–water partition coefficient (Wildman–Crippen LogP) is 2.29. The maximum absolute atomic E-state index is 12.0. The molecule has 2 rings (SSSR count). The van der Waals surface area contributed by atoms with Crippen LogP contribution in [0.25, 0.3) is 0 Å². The van der Waals surface area contributed by atoms with Gasteiger partial charge in [0.1, 0.15) is 0 Å². The van der Waals surface area contributed by atoms with Crippen molar-refractivity contribution in [3.05, 3.63) is 29.8 Å². The zero-order valence-electron chi connectivity index (χ0n) is 10.6. The molecule has 5 heteroatoms. The lowest BCUT2D eigenvalue weighted by atomic mass is 10.1. The van der Waals surface area contributed by atoms with Gasteiger partial charge in [-0.25, -0.2) is 4.79 Å². The predicted molar refractivity (Wildman–Crippen MR) is 77.0 cm³/mol. The van der Waals surface area contributed by atoms with Crippen molar-refractivity contribution >= 4 is 23.5 Å². The summed E-state index contributed by atoms with van der Waals surface area (Å²) in [6, 6.07) is 7.71. The topological polar surface area (TPSA) is 58.4 Å². The number of nitrogens with two attached hydrogens (primary N) is 1. The summed E-state index contributed by atoms with van der Waals surface area (Å²) in [6.45, 7) is 3.60. The van der Waals surface area contributed by atoms with E-state index in [-0.39, 0.29) is 12.1 Å². The minimum absolute atomic E-state index is 0.0103. The first-order valence-corrected chi connectivity index (χ1v) is 7.31. The van der Waals surface area contributed by atoms with E-state index in [1.807, 2.05) is 47.9 Å². The Hall–Kier alpha value is -1.20. The SMILES string of the molecule is CC(N)c1ccc(NC(=O)N2CCSCC2)cc1. The molecule has 1 saturated heterocycles. The van der Waals surface area contributed by atoms with Crippen LogP contribution in [0.15, 0.2) is 24.3 Å². The molecule has 1 aromatic carbocycles. The summed E-state index contributed by atoms with van der Waals surface area (Å²) in [5.41, 5.74) is 7.68. The molecule has 3 N–H and O–H groups in total. The molecule has 1 fully saturated rings. The van der Waals surface area contributed by atoms with Crippen LogP contribution < -0.4 is 11.1 Å². The number of thioether (sulfide) groups is 1. The fourth-order valence-electron chi connectivity index (χ4n) is 1.84. The molecule has 1 aliphatic rings. The van der Waals surface area contributed by atoms with E-state index >= 15 is 0 Å². The molecule has 98 valence electrons. The van der Waals surface area contributed by atoms with Crippen LogP contribution in [0.1, 0.15) is 18.5 Å². The Morgan fingerprint density at radius 3 is 2.50 bits per heavy atom. The number of rotatable bonds is 2. The summed E-state index contributed by atoms with van der Waals surface area (Å²) in [6.07, 6.45) is 0. The molecule has 1 atom stereocenters. The highest BCUT2D eigenvalue weighted by atomic mass is 32.2. The minimum atomic E-state index is -0.0103. The first-order valence-electron chi connectivity index (χ1n) is 6.16. The summed E-state index contributed by atoms with van der Waals surface area (Å²) in [5.74, 6) is 2.05. The lowest BCUT2D eigenvalue weighted by molar-refractivity contribution is 0.217. The van der Waals surface area contributed by atoms with Gasteiger partial charge in [-0.15, -0.1) is 0 Å². The van der Waals surface area contributed by atoms with Gasteiger partial charge in [-0.05, 0) is 24.6 Å². The second kappa shape index (κ2) is 6.11. The average molecular weight is 265 g/mol. The van der Waals surface area contributed by atoms with E-state index in [1.54, 1.807) is 0 Å². The van der Waals surface area contributed by atoms with E-state index in [0.717, 1.165) is 35.8 Å². The molecule has 0 aliphatic carbocycles. The summed E-state index contributed by atoms with van der Waals surface area (Å²) < 4.78 is 0. The summed E-state index contributed by atoms with van der Waals surface area (Å²) in [7, 11) is 0. The molecule has 2 amide bonds. The van der Waals surface area contributed by atoms with Crippen LogP contribution in [0.2, 0.25) is 0 Å². The third kappa shape index (κ3) is 3.40. The molecule has 1 unspecified atom stereocenters. The number of hydrogen-bond acceptors (Lipinski definition) is 3. The van der Waals surface area contributed by atoms with Crippen LogP contribution in [0.4, 0.5) is 10.5 Å². The van der Waals surface area contributed by atoms with Crippen molar-refractivity contribution in [2.75, 3.05) is 29.9 Å². The van der Waals surface area contributed by atoms with E-state index in [4.69, 9.17) is 5.73 Å². The Morgan fingerprint density at radius 2 is 1.94 bits per heavy atom. The van der Waals surface area contributed by atoms with Crippen molar-refractivity contribution in [1.82, 2.24) is 4.90 Å². The molecule has 1 aliphatic heterocycles. The second-order valence-corrected chi connectivity index (χ2v) is 5.67. The van der Waals surface area contributed by atoms with Crippen LogP contribution in [0.5, 0.6) is 0 Å². The molecule has 1 aromatic rings. The van der Waals surface area contributed by atoms with Gasteiger partial charge in [0.25, 0.3) is 0 Å². The fraction of sp³-hybridized carbons (Fsp3) is 0.462. The first-order chi connectivity index (χ1) is 8.66. The number of nitrogens with one attached hydrogen (secondary N) is 1. The molecular weight excluding hydrogens is 246 g/mol. The number of amides is 2. The Kier molecular flexibility index (Phi) is 4.49. The highest BCUT2D eigenvalue weighted by Crippen LogP contribution is 2.15. The molecule has 0 spiro atoms. The average Bonchev–Trinajstić information content (AvgIpc) is 2.40. The second-order valence-electron chi connectivity index (χ2n) is 4.44. The normalized spacial score (nSPS) is 17.3. The van der Waals surface area contributed by atoms with Crippen LogP contribution in [0, 0.1) is 0 Å². The maximum Gasteiger partial charge on any atom is 0.321 e. The third-order valence-electron chi connectivity index (χ3n) is 2.99. The van der Waals surface area contributed by atoms with E-state index in [9.17, 15) is 4.79 Å². The van der Waals surface area contributed by atoms with Crippen molar-refractivity contribution in [3.8, 4) is 0 Å². The number of nitrogens with zero attached hydrogens (tertiary/aromatic N) is 1. The van der Waals surface area contributed by atoms with Crippen molar-refractivity contribution in [2.24, 2.45) is 5.73 Å². The van der Waals surface area contributed by atoms with Crippen molar-refractivity contribution in [1.29, 1.82) is 0 Å². The Balaban J connectivity index is 1.94. The molecule has 0 bridgehead atoms. The van der Waals surface area contributed by atoms with E-state index < -0.39 is 0 Å². The molecule has 4 nitrogen and oxygen atoms in total. The van der Waals surface area contributed by atoms with Crippen molar-refractivity contribution in [3.63, 3.8) is 0 Å². The molecule has 1 heterocycles. The Labute approximate surface area is 112 Å². The molecule has 0 saturated carbocycles. The molecular formula is C13H19N3OS. The van der Waals surface area contributed by atoms with Gasteiger partial charge in [0.15, 0.2) is 0 Å². The Morgan fingerprint density at radius 1 is 1.33 bits per heavy atom. The number of carbonyl (C=O) groups excluding carboxylic acids is 1. The minimum Gasteiger partial charge on any atom is -0.324 e. The highest BCUT2D eigenvalue weighted by Gasteiger charge is 2.16. The summed E-state index contributed by atoms with van der Waals surface area (Å²) in [5, 5.41) is 2.91. The zero-order chi connectivity index (χ0) is 13.0. The van der Waals surface area contributed by atoms with Crippen LogP contribution >= 0.6 is 11.8 Å². The highest BCUT2D eigenvalue weighted by molar-refractivity contribution is 7.99. The summed E-state index contributed by atoms with van der Waals surface area (Å²) >= 11 is 1.89. The smallest absolute Gasteiger partial charge is 0.321 e. The number of anilines is 1. The van der Waals surface area contributed by atoms with Crippen LogP contribution in [-0.2, 0) is 0 Å². The van der Waals surface area contributed by atoms with Gasteiger partial charge in [-0.1, -0.05) is 12.1 Å². The number of urea groups is 1. The monoisotopic (exact) mass is 265 g/mol. The number of benzene rings is 1. The third-order valence-corrected chi connectivity index (χ3v) is 3.93. The fourth-order valence-corrected chi connectivity index (χ4v) is 2.74. The lowest BCUT2D eigenvalue weighted by Gasteiger charge is -2.26. The lowest BCUT2D eigenvalue weighted by Crippen LogP contribution is -2.40. The molecule has 18 heavy (non-hydrogen) atoms. The van der Waals surface area contributed by atoms with Gasteiger partial charge in [-0.3, -0.25) is 0 Å². The zero-order valence-corrected chi connectivity index (χ0v) is 11.4. The van der Waals surface area contributed by atoms with Crippen LogP contribution in [-0.4, -0.2) is 35.5 Å². The quantitative estimate of drug-likeness (QED) is 0.862. The maximum atomic E-state index is 12.0.